The van der Waals surface area contributed by atoms with Gasteiger partial charge < -0.3 is 5.32 Å². The molecule has 0 saturated heterocycles. The van der Waals surface area contributed by atoms with E-state index in [2.05, 4.69) is 18.3 Å². The average molecular weight is 278 g/mol. The summed E-state index contributed by atoms with van der Waals surface area (Å²) in [6, 6.07) is 2.03. The number of carbonyl (C=O) groups is 1. The first kappa shape index (κ1) is 17.0. The van der Waals surface area contributed by atoms with E-state index in [-0.39, 0.29) is 11.9 Å². The summed E-state index contributed by atoms with van der Waals surface area (Å²) in [4.78, 5) is 11.9. The predicted octanol–water partition coefficient (Wildman–Crippen LogP) is 4.33. The Morgan fingerprint density at radius 2 is 1.80 bits per heavy atom. The second-order valence-electron chi connectivity index (χ2n) is 6.09. The Hall–Kier alpha value is -1.04. The van der Waals surface area contributed by atoms with Crippen molar-refractivity contribution in [1.82, 2.24) is 5.32 Å². The molecule has 0 aromatic rings. The van der Waals surface area contributed by atoms with Crippen molar-refractivity contribution < 1.29 is 4.79 Å². The predicted molar refractivity (Wildman–Crippen MR) is 82.1 cm³/mol. The molecule has 1 aliphatic carbocycles. The van der Waals surface area contributed by atoms with Crippen LogP contribution in [-0.4, -0.2) is 11.9 Å². The highest BCUT2D eigenvalue weighted by molar-refractivity contribution is 5.76. The van der Waals surface area contributed by atoms with Gasteiger partial charge >= 0.3 is 0 Å². The van der Waals surface area contributed by atoms with E-state index in [0.717, 1.165) is 25.7 Å². The minimum Gasteiger partial charge on any atom is -0.340 e. The summed E-state index contributed by atoms with van der Waals surface area (Å²) >= 11 is 0. The highest BCUT2D eigenvalue weighted by Gasteiger charge is 2.24. The topological polar surface area (TPSA) is 52.9 Å². The zero-order valence-corrected chi connectivity index (χ0v) is 13.0. The van der Waals surface area contributed by atoms with Gasteiger partial charge in [0.2, 0.25) is 5.91 Å². The molecule has 1 amide bonds. The van der Waals surface area contributed by atoms with Gasteiger partial charge in [-0.1, -0.05) is 58.3 Å². The first-order chi connectivity index (χ1) is 9.77. The maximum absolute atomic E-state index is 11.9. The molecule has 0 aliphatic heterocycles. The van der Waals surface area contributed by atoms with Crippen LogP contribution in [0.2, 0.25) is 0 Å². The van der Waals surface area contributed by atoms with Crippen molar-refractivity contribution >= 4 is 5.91 Å². The second kappa shape index (κ2) is 10.7. The van der Waals surface area contributed by atoms with E-state index in [1.54, 1.807) is 0 Å². The lowest BCUT2D eigenvalue weighted by molar-refractivity contribution is -0.122. The van der Waals surface area contributed by atoms with E-state index in [0.29, 0.717) is 12.3 Å². The number of nitrogens with zero attached hydrogens (tertiary/aromatic N) is 1. The molecule has 1 aliphatic rings. The van der Waals surface area contributed by atoms with Crippen LogP contribution in [0, 0.1) is 17.2 Å². The first-order valence-electron chi connectivity index (χ1n) is 8.47. The van der Waals surface area contributed by atoms with Crippen molar-refractivity contribution in [2.75, 3.05) is 0 Å². The fourth-order valence-electron chi connectivity index (χ4n) is 3.03. The monoisotopic (exact) mass is 278 g/mol. The van der Waals surface area contributed by atoms with Crippen LogP contribution in [0.15, 0.2) is 0 Å². The fourth-order valence-corrected chi connectivity index (χ4v) is 3.03. The van der Waals surface area contributed by atoms with Gasteiger partial charge in [-0.15, -0.1) is 0 Å². The van der Waals surface area contributed by atoms with Gasteiger partial charge in [0.05, 0.1) is 6.07 Å². The van der Waals surface area contributed by atoms with Gasteiger partial charge in [-0.05, 0) is 25.2 Å². The Morgan fingerprint density at radius 1 is 1.15 bits per heavy atom. The molecule has 114 valence electrons. The lowest BCUT2D eigenvalue weighted by Crippen LogP contribution is -2.39. The number of nitriles is 1. The summed E-state index contributed by atoms with van der Waals surface area (Å²) in [5.41, 5.74) is 0. The molecule has 1 fully saturated rings. The number of carbonyl (C=O) groups excluding carboxylic acids is 1. The molecule has 1 atom stereocenters. The van der Waals surface area contributed by atoms with Crippen LogP contribution in [-0.2, 0) is 4.79 Å². The minimum absolute atomic E-state index is 0.0672. The molecular weight excluding hydrogens is 248 g/mol. The number of nitrogens with one attached hydrogen (secondary N) is 1. The lowest BCUT2D eigenvalue weighted by atomic mass is 9.84. The molecule has 0 bridgehead atoms. The Labute approximate surface area is 124 Å². The summed E-state index contributed by atoms with van der Waals surface area (Å²) in [6.45, 7) is 2.21. The van der Waals surface area contributed by atoms with Gasteiger partial charge in [0.25, 0.3) is 0 Å². The van der Waals surface area contributed by atoms with Gasteiger partial charge in [-0.3, -0.25) is 4.79 Å². The van der Waals surface area contributed by atoms with Crippen molar-refractivity contribution in [2.45, 2.75) is 90.0 Å². The summed E-state index contributed by atoms with van der Waals surface area (Å²) in [7, 11) is 0. The molecule has 1 saturated carbocycles. The Morgan fingerprint density at radius 3 is 2.45 bits per heavy atom. The molecule has 1 unspecified atom stereocenters. The molecule has 3 nitrogen and oxygen atoms in total. The van der Waals surface area contributed by atoms with Gasteiger partial charge in [-0.25, -0.2) is 0 Å². The number of amides is 1. The number of hydrogen-bond acceptors (Lipinski definition) is 2. The maximum Gasteiger partial charge on any atom is 0.221 e. The zero-order valence-electron chi connectivity index (χ0n) is 13.0. The van der Waals surface area contributed by atoms with E-state index >= 15 is 0 Å². The SMILES string of the molecule is CCCCCCCCC(=O)NC(C#N)C1CCCCC1. The van der Waals surface area contributed by atoms with E-state index in [1.807, 2.05) is 0 Å². The van der Waals surface area contributed by atoms with Crippen molar-refractivity contribution in [3.05, 3.63) is 0 Å². The molecule has 1 rings (SSSR count). The third-order valence-electron chi connectivity index (χ3n) is 4.33. The van der Waals surface area contributed by atoms with Crippen LogP contribution in [0.1, 0.15) is 84.0 Å². The molecule has 0 aromatic carbocycles. The summed E-state index contributed by atoms with van der Waals surface area (Å²) in [5, 5.41) is 12.2. The highest BCUT2D eigenvalue weighted by atomic mass is 16.1. The quantitative estimate of drug-likeness (QED) is 0.638. The molecule has 3 heteroatoms. The second-order valence-corrected chi connectivity index (χ2v) is 6.09. The molecule has 1 N–H and O–H groups in total. The van der Waals surface area contributed by atoms with E-state index in [9.17, 15) is 10.1 Å². The van der Waals surface area contributed by atoms with Crippen LogP contribution in [0.3, 0.4) is 0 Å². The van der Waals surface area contributed by atoms with Crippen molar-refractivity contribution in [3.63, 3.8) is 0 Å². The van der Waals surface area contributed by atoms with Crippen LogP contribution >= 0.6 is 0 Å². The van der Waals surface area contributed by atoms with Gasteiger partial charge in [0.15, 0.2) is 0 Å². The van der Waals surface area contributed by atoms with Crippen molar-refractivity contribution in [1.29, 1.82) is 5.26 Å². The van der Waals surface area contributed by atoms with Gasteiger partial charge in [0, 0.05) is 6.42 Å². The van der Waals surface area contributed by atoms with Crippen molar-refractivity contribution in [3.8, 4) is 6.07 Å². The van der Waals surface area contributed by atoms with Gasteiger partial charge in [-0.2, -0.15) is 5.26 Å². The molecule has 0 radical (unpaired) electrons. The van der Waals surface area contributed by atoms with E-state index in [1.165, 1.54) is 44.9 Å². The van der Waals surface area contributed by atoms with Crippen LogP contribution in [0.4, 0.5) is 0 Å². The summed E-state index contributed by atoms with van der Waals surface area (Å²) in [5.74, 6) is 0.444. The Balaban J connectivity index is 2.14. The number of hydrogen-bond donors (Lipinski definition) is 1. The van der Waals surface area contributed by atoms with Crippen LogP contribution in [0.25, 0.3) is 0 Å². The number of rotatable bonds is 9. The van der Waals surface area contributed by atoms with Crippen LogP contribution in [0.5, 0.6) is 0 Å². The minimum atomic E-state index is -0.261. The largest absolute Gasteiger partial charge is 0.340 e. The standard InChI is InChI=1S/C17H30N2O/c1-2-3-4-5-6-10-13-17(20)19-16(14-18)15-11-8-7-9-12-15/h15-16H,2-13H2,1H3,(H,19,20). The molecule has 0 aromatic heterocycles. The molecule has 0 spiro atoms. The molecule has 20 heavy (non-hydrogen) atoms. The Bertz CT molecular complexity index is 303. The normalized spacial score (nSPS) is 17.4. The van der Waals surface area contributed by atoms with Crippen molar-refractivity contribution in [2.24, 2.45) is 5.92 Å². The average Bonchev–Trinajstić information content (AvgIpc) is 2.49. The lowest BCUT2D eigenvalue weighted by Gasteiger charge is -2.26. The third-order valence-corrected chi connectivity index (χ3v) is 4.33. The maximum atomic E-state index is 11.9. The third kappa shape index (κ3) is 6.93. The molecule has 0 heterocycles. The molecular formula is C17H30N2O. The number of unbranched alkanes of at least 4 members (excludes halogenated alkanes) is 5. The van der Waals surface area contributed by atoms with Gasteiger partial charge in [0.1, 0.15) is 6.04 Å². The fraction of sp³-hybridized carbons (Fsp3) is 0.882. The Kier molecular flexibility index (Phi) is 9.11. The first-order valence-corrected chi connectivity index (χ1v) is 8.47. The zero-order chi connectivity index (χ0) is 14.6. The van der Waals surface area contributed by atoms with E-state index in [4.69, 9.17) is 0 Å². The van der Waals surface area contributed by atoms with E-state index < -0.39 is 0 Å². The summed E-state index contributed by atoms with van der Waals surface area (Å²) in [6.07, 6.45) is 13.6. The van der Waals surface area contributed by atoms with Crippen LogP contribution < -0.4 is 5.32 Å². The smallest absolute Gasteiger partial charge is 0.221 e. The summed E-state index contributed by atoms with van der Waals surface area (Å²) < 4.78 is 0. The highest BCUT2D eigenvalue weighted by Crippen LogP contribution is 2.26.